The maximum Gasteiger partial charge on any atom is 0.0674 e. The van der Waals surface area contributed by atoms with E-state index in [1.54, 1.807) is 0 Å². The second-order valence-electron chi connectivity index (χ2n) is 1.08. The maximum atomic E-state index is 3.66. The Kier molecular flexibility index (Phi) is 4.88. The highest BCUT2D eigenvalue weighted by molar-refractivity contribution is 8.16. The van der Waals surface area contributed by atoms with Gasteiger partial charge in [0.25, 0.3) is 0 Å². The Bertz CT molecular complexity index is 48.0. The van der Waals surface area contributed by atoms with E-state index in [1.807, 2.05) is 29.6 Å². The van der Waals surface area contributed by atoms with Crippen molar-refractivity contribution in [2.75, 3.05) is 12.5 Å². The second-order valence-corrected chi connectivity index (χ2v) is 3.33. The molecule has 0 fully saturated rings. The summed E-state index contributed by atoms with van der Waals surface area (Å²) in [4.78, 5) is 0. The molecule has 0 aliphatic rings. The molecule has 42 valence electrons. The molecule has 0 spiro atoms. The van der Waals surface area contributed by atoms with E-state index in [0.29, 0.717) is 4.58 Å². The molecule has 0 aromatic heterocycles. The Morgan fingerprint density at radius 1 is 1.43 bits per heavy atom. The summed E-state index contributed by atoms with van der Waals surface area (Å²) in [6.45, 7) is 3.66. The van der Waals surface area contributed by atoms with Gasteiger partial charge in [0.1, 0.15) is 0 Å². The molecule has 0 nitrogen and oxygen atoms in total. The van der Waals surface area contributed by atoms with E-state index in [2.05, 4.69) is 19.1 Å². The summed E-state index contributed by atoms with van der Waals surface area (Å²) in [6.07, 6.45) is 6.13. The van der Waals surface area contributed by atoms with Crippen LogP contribution in [0.3, 0.4) is 0 Å². The minimum atomic E-state index is 0.583. The Morgan fingerprint density at radius 3 is 1.86 bits per heavy atom. The van der Waals surface area contributed by atoms with Gasteiger partial charge in [-0.15, -0.1) is 30.1 Å². The molecule has 0 heterocycles. The molecule has 0 radical (unpaired) electrons. The lowest BCUT2D eigenvalue weighted by molar-refractivity contribution is 1.69. The molecular weight excluding hydrogens is 124 g/mol. The van der Waals surface area contributed by atoms with E-state index >= 15 is 0 Å². The van der Waals surface area contributed by atoms with Gasteiger partial charge in [0, 0.05) is 0 Å². The number of rotatable bonds is 3. The average molecular weight is 134 g/mol. The maximum absolute atomic E-state index is 3.66. The first-order chi connectivity index (χ1) is 3.35. The van der Waals surface area contributed by atoms with Crippen molar-refractivity contribution >= 4 is 23.5 Å². The van der Waals surface area contributed by atoms with Gasteiger partial charge >= 0.3 is 0 Å². The Hall–Kier alpha value is 0.440. The van der Waals surface area contributed by atoms with Crippen molar-refractivity contribution in [2.45, 2.75) is 4.58 Å². The standard InChI is InChI=1S/C5H10S2/c1-4-5(6-2)7-3/h4-5H,1H2,2-3H3. The average Bonchev–Trinajstić information content (AvgIpc) is 1.72. The van der Waals surface area contributed by atoms with Gasteiger partial charge in [-0.1, -0.05) is 6.08 Å². The SMILES string of the molecule is C=CC(SC)SC. The van der Waals surface area contributed by atoms with Gasteiger partial charge < -0.3 is 0 Å². The van der Waals surface area contributed by atoms with Gasteiger partial charge in [-0.05, 0) is 12.5 Å². The van der Waals surface area contributed by atoms with Crippen molar-refractivity contribution in [1.29, 1.82) is 0 Å². The van der Waals surface area contributed by atoms with Crippen LogP contribution in [0.5, 0.6) is 0 Å². The molecule has 0 N–H and O–H groups in total. The predicted molar refractivity (Wildman–Crippen MR) is 41.0 cm³/mol. The first-order valence-corrected chi connectivity index (χ1v) is 4.61. The molecule has 0 aliphatic heterocycles. The number of hydrogen-bond acceptors (Lipinski definition) is 2. The molecule has 0 aromatic carbocycles. The Balaban J connectivity index is 3.16. The summed E-state index contributed by atoms with van der Waals surface area (Å²) < 4.78 is 0.583. The molecule has 0 saturated carbocycles. The summed E-state index contributed by atoms with van der Waals surface area (Å²) >= 11 is 3.63. The lowest BCUT2D eigenvalue weighted by atomic mass is 10.8. The van der Waals surface area contributed by atoms with Crippen molar-refractivity contribution in [3.63, 3.8) is 0 Å². The molecule has 7 heavy (non-hydrogen) atoms. The zero-order valence-corrected chi connectivity index (χ0v) is 6.31. The molecule has 0 rings (SSSR count). The lowest BCUT2D eigenvalue weighted by Crippen LogP contribution is -1.84. The fourth-order valence-electron chi connectivity index (χ4n) is 0.289. The number of hydrogen-bond donors (Lipinski definition) is 0. The van der Waals surface area contributed by atoms with Crippen LogP contribution in [0.2, 0.25) is 0 Å². The smallest absolute Gasteiger partial charge is 0.0674 e. The van der Waals surface area contributed by atoms with E-state index in [4.69, 9.17) is 0 Å². The summed E-state index contributed by atoms with van der Waals surface area (Å²) in [7, 11) is 0. The molecular formula is C5H10S2. The van der Waals surface area contributed by atoms with Gasteiger partial charge in [0.2, 0.25) is 0 Å². The summed E-state index contributed by atoms with van der Waals surface area (Å²) in [5.41, 5.74) is 0. The van der Waals surface area contributed by atoms with Crippen LogP contribution in [-0.4, -0.2) is 17.1 Å². The first-order valence-electron chi connectivity index (χ1n) is 2.03. The highest BCUT2D eigenvalue weighted by Crippen LogP contribution is 2.18. The van der Waals surface area contributed by atoms with E-state index in [-0.39, 0.29) is 0 Å². The van der Waals surface area contributed by atoms with Gasteiger partial charge in [-0.3, -0.25) is 0 Å². The summed E-state index contributed by atoms with van der Waals surface area (Å²) in [5, 5.41) is 0. The fourth-order valence-corrected chi connectivity index (χ4v) is 1.44. The zero-order valence-electron chi connectivity index (χ0n) is 4.68. The highest BCUT2D eigenvalue weighted by atomic mass is 32.2. The van der Waals surface area contributed by atoms with Crippen LogP contribution >= 0.6 is 23.5 Å². The van der Waals surface area contributed by atoms with Crippen LogP contribution in [0.4, 0.5) is 0 Å². The van der Waals surface area contributed by atoms with Gasteiger partial charge in [-0.25, -0.2) is 0 Å². The largest absolute Gasteiger partial charge is 0.147 e. The van der Waals surface area contributed by atoms with Crippen LogP contribution in [0.1, 0.15) is 0 Å². The third-order valence-electron chi connectivity index (χ3n) is 0.657. The van der Waals surface area contributed by atoms with E-state index < -0.39 is 0 Å². The van der Waals surface area contributed by atoms with Crippen LogP contribution in [0, 0.1) is 0 Å². The molecule has 0 saturated heterocycles. The summed E-state index contributed by atoms with van der Waals surface area (Å²) in [5.74, 6) is 0. The van der Waals surface area contributed by atoms with Crippen molar-refractivity contribution in [3.8, 4) is 0 Å². The normalized spacial score (nSPS) is 9.57. The molecule has 2 heteroatoms. The quantitative estimate of drug-likeness (QED) is 0.429. The Labute approximate surface area is 53.8 Å². The molecule has 0 unspecified atom stereocenters. The highest BCUT2D eigenvalue weighted by Gasteiger charge is 1.93. The van der Waals surface area contributed by atoms with E-state index in [9.17, 15) is 0 Å². The van der Waals surface area contributed by atoms with E-state index in [1.165, 1.54) is 0 Å². The monoisotopic (exact) mass is 134 g/mol. The van der Waals surface area contributed by atoms with Gasteiger partial charge in [0.05, 0.1) is 4.58 Å². The zero-order chi connectivity index (χ0) is 5.70. The lowest BCUT2D eigenvalue weighted by Gasteiger charge is -2.00. The molecule has 0 aromatic rings. The molecule has 0 aliphatic carbocycles. The number of thioether (sulfide) groups is 2. The molecule has 0 amide bonds. The van der Waals surface area contributed by atoms with Crippen molar-refractivity contribution in [2.24, 2.45) is 0 Å². The fraction of sp³-hybridized carbons (Fsp3) is 0.600. The van der Waals surface area contributed by atoms with Crippen LogP contribution < -0.4 is 0 Å². The van der Waals surface area contributed by atoms with Crippen molar-refractivity contribution in [1.82, 2.24) is 0 Å². The Morgan fingerprint density at radius 2 is 1.86 bits per heavy atom. The second kappa shape index (κ2) is 4.60. The molecule has 0 bridgehead atoms. The predicted octanol–water partition coefficient (Wildman–Crippen LogP) is 2.22. The van der Waals surface area contributed by atoms with Crippen molar-refractivity contribution in [3.05, 3.63) is 12.7 Å². The third kappa shape index (κ3) is 3.06. The van der Waals surface area contributed by atoms with E-state index in [0.717, 1.165) is 0 Å². The van der Waals surface area contributed by atoms with Crippen LogP contribution in [-0.2, 0) is 0 Å². The first kappa shape index (κ1) is 7.44. The van der Waals surface area contributed by atoms with Crippen LogP contribution in [0.25, 0.3) is 0 Å². The van der Waals surface area contributed by atoms with Crippen LogP contribution in [0.15, 0.2) is 12.7 Å². The van der Waals surface area contributed by atoms with Crippen molar-refractivity contribution < 1.29 is 0 Å². The molecule has 0 atom stereocenters. The van der Waals surface area contributed by atoms with Gasteiger partial charge in [0.15, 0.2) is 0 Å². The van der Waals surface area contributed by atoms with Gasteiger partial charge in [-0.2, -0.15) is 0 Å². The summed E-state index contributed by atoms with van der Waals surface area (Å²) in [6, 6.07) is 0. The third-order valence-corrected chi connectivity index (χ3v) is 3.13. The minimum Gasteiger partial charge on any atom is -0.147 e. The minimum absolute atomic E-state index is 0.583. The topological polar surface area (TPSA) is 0 Å².